The van der Waals surface area contributed by atoms with Gasteiger partial charge >= 0.3 is 5.97 Å². The van der Waals surface area contributed by atoms with E-state index in [1.807, 2.05) is 0 Å². The van der Waals surface area contributed by atoms with Crippen molar-refractivity contribution < 1.29 is 18.7 Å². The monoisotopic (exact) mass is 373 g/mol. The van der Waals surface area contributed by atoms with Crippen molar-refractivity contribution in [2.45, 2.75) is 25.7 Å². The number of aryl methyl sites for hydroxylation is 1. The average Bonchev–Trinajstić information content (AvgIpc) is 2.96. The van der Waals surface area contributed by atoms with E-state index in [1.54, 1.807) is 0 Å². The second-order valence-electron chi connectivity index (χ2n) is 5.88. The molecule has 0 bridgehead atoms. The van der Waals surface area contributed by atoms with Crippen LogP contribution in [0.5, 0.6) is 0 Å². The molecular formula is C18H16FN3O3S. The fourth-order valence-corrected chi connectivity index (χ4v) is 4.12. The Morgan fingerprint density at radius 2 is 2.12 bits per heavy atom. The molecule has 0 unspecified atom stereocenters. The molecule has 1 aliphatic carbocycles. The lowest BCUT2D eigenvalue weighted by molar-refractivity contribution is -0.119. The van der Waals surface area contributed by atoms with Gasteiger partial charge in [-0.15, -0.1) is 11.3 Å². The highest BCUT2D eigenvalue weighted by molar-refractivity contribution is 7.16. The van der Waals surface area contributed by atoms with Gasteiger partial charge in [-0.2, -0.15) is 5.26 Å². The molecule has 1 heterocycles. The number of nitrogens with one attached hydrogen (secondary N) is 1. The lowest BCUT2D eigenvalue weighted by Crippen LogP contribution is -2.21. The van der Waals surface area contributed by atoms with Gasteiger partial charge in [0, 0.05) is 10.6 Å². The zero-order chi connectivity index (χ0) is 18.7. The van der Waals surface area contributed by atoms with Gasteiger partial charge in [-0.3, -0.25) is 4.79 Å². The first-order valence-electron chi connectivity index (χ1n) is 8.06. The highest BCUT2D eigenvalue weighted by atomic mass is 32.1. The Hall–Kier alpha value is -2.92. The third-order valence-corrected chi connectivity index (χ3v) is 5.31. The van der Waals surface area contributed by atoms with E-state index >= 15 is 0 Å². The van der Waals surface area contributed by atoms with Crippen LogP contribution in [0.3, 0.4) is 0 Å². The van der Waals surface area contributed by atoms with Gasteiger partial charge in [-0.05, 0) is 49.4 Å². The van der Waals surface area contributed by atoms with Gasteiger partial charge in [0.25, 0.3) is 5.91 Å². The summed E-state index contributed by atoms with van der Waals surface area (Å²) in [6, 6.07) is 5.44. The topological polar surface area (TPSA) is 105 Å². The average molecular weight is 373 g/mol. The van der Waals surface area contributed by atoms with E-state index in [0.717, 1.165) is 48.3 Å². The summed E-state index contributed by atoms with van der Waals surface area (Å²) >= 11 is 1.39. The fourth-order valence-electron chi connectivity index (χ4n) is 2.86. The standard InChI is InChI=1S/C18H16FN3O3S/c19-10-5-6-12(14(21)7-10)18(24)25-9-16(23)22-17-13(8-20)11-3-1-2-4-15(11)26-17/h5-7H,1-4,9,21H2,(H,22,23). The van der Waals surface area contributed by atoms with Crippen LogP contribution in [0, 0.1) is 17.1 Å². The maximum Gasteiger partial charge on any atom is 0.340 e. The van der Waals surface area contributed by atoms with Crippen molar-refractivity contribution in [3.8, 4) is 6.07 Å². The maximum absolute atomic E-state index is 13.0. The number of thiophene rings is 1. The summed E-state index contributed by atoms with van der Waals surface area (Å²) in [7, 11) is 0. The SMILES string of the molecule is N#Cc1c(NC(=O)COC(=O)c2ccc(F)cc2N)sc2c1CCCC2. The number of nitrogen functional groups attached to an aromatic ring is 1. The van der Waals surface area contributed by atoms with E-state index in [-0.39, 0.29) is 11.3 Å². The number of halogens is 1. The Balaban J connectivity index is 1.64. The van der Waals surface area contributed by atoms with Crippen molar-refractivity contribution in [1.82, 2.24) is 0 Å². The lowest BCUT2D eigenvalue weighted by atomic mass is 9.96. The van der Waals surface area contributed by atoms with Crippen molar-refractivity contribution in [2.75, 3.05) is 17.7 Å². The van der Waals surface area contributed by atoms with Gasteiger partial charge in [0.1, 0.15) is 16.9 Å². The number of benzene rings is 1. The van der Waals surface area contributed by atoms with Gasteiger partial charge in [0.2, 0.25) is 0 Å². The van der Waals surface area contributed by atoms with Gasteiger partial charge in [-0.1, -0.05) is 0 Å². The Morgan fingerprint density at radius 3 is 2.85 bits per heavy atom. The molecule has 1 aromatic carbocycles. The highest BCUT2D eigenvalue weighted by Gasteiger charge is 2.22. The molecule has 2 aromatic rings. The van der Waals surface area contributed by atoms with Crippen LogP contribution in [-0.4, -0.2) is 18.5 Å². The van der Waals surface area contributed by atoms with Crippen LogP contribution in [0.15, 0.2) is 18.2 Å². The van der Waals surface area contributed by atoms with Crippen LogP contribution in [0.4, 0.5) is 15.1 Å². The zero-order valence-corrected chi connectivity index (χ0v) is 14.6. The van der Waals surface area contributed by atoms with Crippen LogP contribution >= 0.6 is 11.3 Å². The summed E-state index contributed by atoms with van der Waals surface area (Å²) in [5.74, 6) is -1.93. The lowest BCUT2D eigenvalue weighted by Gasteiger charge is -2.09. The molecule has 0 fully saturated rings. The Morgan fingerprint density at radius 1 is 1.35 bits per heavy atom. The summed E-state index contributed by atoms with van der Waals surface area (Å²) in [5, 5.41) is 12.5. The third kappa shape index (κ3) is 3.68. The van der Waals surface area contributed by atoms with Crippen LogP contribution in [0.2, 0.25) is 0 Å². The van der Waals surface area contributed by atoms with E-state index in [2.05, 4.69) is 11.4 Å². The first-order chi connectivity index (χ1) is 12.5. The molecule has 0 aliphatic heterocycles. The summed E-state index contributed by atoms with van der Waals surface area (Å²) in [6.45, 7) is -0.525. The molecule has 6 nitrogen and oxygen atoms in total. The van der Waals surface area contributed by atoms with Crippen LogP contribution < -0.4 is 11.1 Å². The Kier molecular flexibility index (Phi) is 5.19. The first-order valence-corrected chi connectivity index (χ1v) is 8.88. The number of nitrogens with zero attached hydrogens (tertiary/aromatic N) is 1. The smallest absolute Gasteiger partial charge is 0.340 e. The van der Waals surface area contributed by atoms with Crippen molar-refractivity contribution in [1.29, 1.82) is 5.26 Å². The predicted octanol–water partition coefficient (Wildman–Crippen LogP) is 3.02. The van der Waals surface area contributed by atoms with Gasteiger partial charge in [-0.25, -0.2) is 9.18 Å². The van der Waals surface area contributed by atoms with Gasteiger partial charge in [0.05, 0.1) is 11.1 Å². The van der Waals surface area contributed by atoms with Crippen molar-refractivity contribution in [3.05, 3.63) is 45.6 Å². The normalized spacial score (nSPS) is 12.8. The van der Waals surface area contributed by atoms with Crippen molar-refractivity contribution in [2.24, 2.45) is 0 Å². The summed E-state index contributed by atoms with van der Waals surface area (Å²) in [6.07, 6.45) is 3.85. The Labute approximate surface area is 153 Å². The molecule has 1 amide bonds. The number of amides is 1. The minimum Gasteiger partial charge on any atom is -0.452 e. The molecule has 0 saturated heterocycles. The number of rotatable bonds is 4. The number of nitriles is 1. The van der Waals surface area contributed by atoms with E-state index in [9.17, 15) is 19.2 Å². The predicted molar refractivity (Wildman–Crippen MR) is 95.4 cm³/mol. The van der Waals surface area contributed by atoms with Crippen molar-refractivity contribution in [3.63, 3.8) is 0 Å². The second kappa shape index (κ2) is 7.54. The third-order valence-electron chi connectivity index (χ3n) is 4.10. The van der Waals surface area contributed by atoms with Crippen LogP contribution in [-0.2, 0) is 22.4 Å². The number of esters is 1. The fraction of sp³-hybridized carbons (Fsp3) is 0.278. The zero-order valence-electron chi connectivity index (χ0n) is 13.8. The minimum atomic E-state index is -0.816. The number of anilines is 2. The quantitative estimate of drug-likeness (QED) is 0.633. The van der Waals surface area contributed by atoms with Crippen LogP contribution in [0.1, 0.15) is 39.2 Å². The first kappa shape index (κ1) is 17.9. The van der Waals surface area contributed by atoms with Gasteiger partial charge in [0.15, 0.2) is 6.61 Å². The molecule has 0 spiro atoms. The molecule has 3 rings (SSSR count). The van der Waals surface area contributed by atoms with E-state index in [1.165, 1.54) is 17.4 Å². The number of carbonyl (C=O) groups excluding carboxylic acids is 2. The molecule has 0 radical (unpaired) electrons. The Bertz CT molecular complexity index is 917. The van der Waals surface area contributed by atoms with E-state index in [0.29, 0.717) is 10.6 Å². The molecule has 8 heteroatoms. The highest BCUT2D eigenvalue weighted by Crippen LogP contribution is 2.37. The molecular weight excluding hydrogens is 357 g/mol. The maximum atomic E-state index is 13.0. The van der Waals surface area contributed by atoms with Crippen LogP contribution in [0.25, 0.3) is 0 Å². The molecule has 1 aliphatic rings. The minimum absolute atomic E-state index is 0.0106. The molecule has 3 N–H and O–H groups in total. The number of nitrogens with two attached hydrogens (primary N) is 1. The summed E-state index contributed by atoms with van der Waals surface area (Å²) in [4.78, 5) is 25.2. The van der Waals surface area contributed by atoms with Crippen molar-refractivity contribution >= 4 is 33.9 Å². The molecule has 0 atom stereocenters. The van der Waals surface area contributed by atoms with E-state index < -0.39 is 24.3 Å². The number of hydrogen-bond donors (Lipinski definition) is 2. The summed E-state index contributed by atoms with van der Waals surface area (Å²) < 4.78 is 17.9. The number of fused-ring (bicyclic) bond motifs is 1. The van der Waals surface area contributed by atoms with Gasteiger partial charge < -0.3 is 15.8 Å². The van der Waals surface area contributed by atoms with E-state index in [4.69, 9.17) is 10.5 Å². The molecule has 26 heavy (non-hydrogen) atoms. The number of carbonyl (C=O) groups is 2. The second-order valence-corrected chi connectivity index (χ2v) is 6.99. The molecule has 0 saturated carbocycles. The number of ether oxygens (including phenoxy) is 1. The molecule has 134 valence electrons. The number of hydrogen-bond acceptors (Lipinski definition) is 6. The molecule has 1 aromatic heterocycles. The largest absolute Gasteiger partial charge is 0.452 e. The summed E-state index contributed by atoms with van der Waals surface area (Å²) in [5.41, 5.74) is 7.00.